The lowest BCUT2D eigenvalue weighted by molar-refractivity contribution is 0.225. The van der Waals surface area contributed by atoms with Crippen LogP contribution >= 0.6 is 12.2 Å². The number of halogens is 1. The second-order valence-electron chi connectivity index (χ2n) is 5.39. The van der Waals surface area contributed by atoms with Gasteiger partial charge in [-0.2, -0.15) is 0 Å². The molecular weight excluding hydrogens is 287 g/mol. The van der Waals surface area contributed by atoms with Crippen LogP contribution < -0.4 is 5.73 Å². The molecule has 1 aliphatic carbocycles. The molecule has 0 atom stereocenters. The SMILES string of the molecule is NC(=S)c1cc(CN(Cc2ccco2)C2CC2)ccc1F. The van der Waals surface area contributed by atoms with Gasteiger partial charge in [-0.05, 0) is 42.7 Å². The van der Waals surface area contributed by atoms with Crippen LogP contribution in [-0.4, -0.2) is 15.9 Å². The van der Waals surface area contributed by atoms with Crippen LogP contribution in [0.1, 0.15) is 29.7 Å². The third-order valence-corrected chi connectivity index (χ3v) is 3.90. The molecule has 3 rings (SSSR count). The van der Waals surface area contributed by atoms with Crippen LogP contribution in [0.3, 0.4) is 0 Å². The maximum atomic E-state index is 13.6. The average Bonchev–Trinajstić information content (AvgIpc) is 3.18. The van der Waals surface area contributed by atoms with Crippen molar-refractivity contribution in [3.05, 3.63) is 59.3 Å². The van der Waals surface area contributed by atoms with E-state index >= 15 is 0 Å². The van der Waals surface area contributed by atoms with E-state index in [1.54, 1.807) is 18.4 Å². The fourth-order valence-corrected chi connectivity index (χ4v) is 2.61. The summed E-state index contributed by atoms with van der Waals surface area (Å²) < 4.78 is 19.1. The van der Waals surface area contributed by atoms with E-state index in [2.05, 4.69) is 4.90 Å². The fraction of sp³-hybridized carbons (Fsp3) is 0.312. The zero-order valence-electron chi connectivity index (χ0n) is 11.6. The van der Waals surface area contributed by atoms with Gasteiger partial charge < -0.3 is 10.2 Å². The van der Waals surface area contributed by atoms with Crippen molar-refractivity contribution in [1.29, 1.82) is 0 Å². The van der Waals surface area contributed by atoms with Crippen LogP contribution in [0.5, 0.6) is 0 Å². The highest BCUT2D eigenvalue weighted by Crippen LogP contribution is 2.30. The van der Waals surface area contributed by atoms with Crippen LogP contribution in [0, 0.1) is 5.82 Å². The molecule has 0 spiro atoms. The van der Waals surface area contributed by atoms with Gasteiger partial charge in [0.15, 0.2) is 0 Å². The highest BCUT2D eigenvalue weighted by molar-refractivity contribution is 7.80. The summed E-state index contributed by atoms with van der Waals surface area (Å²) in [5.41, 5.74) is 6.89. The molecule has 1 fully saturated rings. The first kappa shape index (κ1) is 14.2. The first-order chi connectivity index (χ1) is 10.1. The van der Waals surface area contributed by atoms with Gasteiger partial charge in [0.1, 0.15) is 16.6 Å². The number of hydrogen-bond acceptors (Lipinski definition) is 3. The van der Waals surface area contributed by atoms with E-state index in [1.165, 1.54) is 18.9 Å². The molecule has 0 amide bonds. The summed E-state index contributed by atoms with van der Waals surface area (Å²) in [7, 11) is 0. The van der Waals surface area contributed by atoms with Crippen molar-refractivity contribution in [3.63, 3.8) is 0 Å². The minimum Gasteiger partial charge on any atom is -0.468 e. The second kappa shape index (κ2) is 5.95. The number of benzene rings is 1. The molecular formula is C16H17FN2OS. The summed E-state index contributed by atoms with van der Waals surface area (Å²) in [6.45, 7) is 1.50. The Morgan fingerprint density at radius 3 is 2.76 bits per heavy atom. The first-order valence-electron chi connectivity index (χ1n) is 6.98. The summed E-state index contributed by atoms with van der Waals surface area (Å²) in [6.07, 6.45) is 4.08. The predicted octanol–water partition coefficient (Wildman–Crippen LogP) is 3.22. The molecule has 0 unspecified atom stereocenters. The molecule has 0 saturated heterocycles. The molecule has 1 heterocycles. The standard InChI is InChI=1S/C16H17FN2OS/c17-15-6-3-11(8-14(15)16(18)21)9-19(12-4-5-12)10-13-2-1-7-20-13/h1-3,6-8,12H,4-5,9-10H2,(H2,18,21). The Balaban J connectivity index is 1.76. The molecule has 2 aromatic rings. The lowest BCUT2D eigenvalue weighted by Gasteiger charge is -2.21. The lowest BCUT2D eigenvalue weighted by atomic mass is 10.1. The highest BCUT2D eigenvalue weighted by atomic mass is 32.1. The molecule has 5 heteroatoms. The first-order valence-corrected chi connectivity index (χ1v) is 7.39. The van der Waals surface area contributed by atoms with E-state index in [1.807, 2.05) is 12.1 Å². The van der Waals surface area contributed by atoms with Crippen molar-refractivity contribution < 1.29 is 8.81 Å². The Morgan fingerprint density at radius 2 is 2.14 bits per heavy atom. The van der Waals surface area contributed by atoms with Gasteiger partial charge in [-0.25, -0.2) is 4.39 Å². The smallest absolute Gasteiger partial charge is 0.133 e. The predicted molar refractivity (Wildman–Crippen MR) is 83.3 cm³/mol. The van der Waals surface area contributed by atoms with Gasteiger partial charge in [0.25, 0.3) is 0 Å². The third kappa shape index (κ3) is 3.49. The Morgan fingerprint density at radius 1 is 1.33 bits per heavy atom. The van der Waals surface area contributed by atoms with Gasteiger partial charge >= 0.3 is 0 Å². The molecule has 21 heavy (non-hydrogen) atoms. The molecule has 1 aromatic carbocycles. The number of hydrogen-bond donors (Lipinski definition) is 1. The highest BCUT2D eigenvalue weighted by Gasteiger charge is 2.29. The lowest BCUT2D eigenvalue weighted by Crippen LogP contribution is -2.25. The summed E-state index contributed by atoms with van der Waals surface area (Å²) in [6, 6.07) is 9.41. The summed E-state index contributed by atoms with van der Waals surface area (Å²) in [4.78, 5) is 2.44. The molecule has 0 bridgehead atoms. The Kier molecular flexibility index (Phi) is 4.03. The Hall–Kier alpha value is -1.72. The van der Waals surface area contributed by atoms with E-state index in [4.69, 9.17) is 22.4 Å². The summed E-state index contributed by atoms with van der Waals surface area (Å²) in [5.74, 6) is 0.578. The number of rotatable bonds is 6. The quantitative estimate of drug-likeness (QED) is 0.832. The topological polar surface area (TPSA) is 42.4 Å². The number of thiocarbonyl (C=S) groups is 1. The summed E-state index contributed by atoms with van der Waals surface area (Å²) >= 11 is 4.89. The average molecular weight is 304 g/mol. The van der Waals surface area contributed by atoms with Crippen molar-refractivity contribution >= 4 is 17.2 Å². The minimum atomic E-state index is -0.366. The third-order valence-electron chi connectivity index (χ3n) is 3.68. The molecule has 2 N–H and O–H groups in total. The van der Waals surface area contributed by atoms with Crippen LogP contribution in [0.2, 0.25) is 0 Å². The molecule has 1 aromatic heterocycles. The van der Waals surface area contributed by atoms with E-state index in [0.717, 1.165) is 24.4 Å². The molecule has 1 saturated carbocycles. The number of furan rings is 1. The van der Waals surface area contributed by atoms with E-state index < -0.39 is 0 Å². The van der Waals surface area contributed by atoms with Crippen molar-refractivity contribution in [2.45, 2.75) is 32.0 Å². The maximum Gasteiger partial charge on any atom is 0.133 e. The van der Waals surface area contributed by atoms with E-state index in [0.29, 0.717) is 11.6 Å². The zero-order chi connectivity index (χ0) is 14.8. The van der Waals surface area contributed by atoms with Crippen molar-refractivity contribution in [3.8, 4) is 0 Å². The zero-order valence-corrected chi connectivity index (χ0v) is 12.4. The van der Waals surface area contributed by atoms with Crippen molar-refractivity contribution in [2.24, 2.45) is 5.73 Å². The fourth-order valence-electron chi connectivity index (χ4n) is 2.45. The van der Waals surface area contributed by atoms with Crippen LogP contribution in [0.15, 0.2) is 41.0 Å². The molecule has 1 aliphatic rings. The second-order valence-corrected chi connectivity index (χ2v) is 5.83. The monoisotopic (exact) mass is 304 g/mol. The largest absolute Gasteiger partial charge is 0.468 e. The van der Waals surface area contributed by atoms with Crippen LogP contribution in [0.4, 0.5) is 4.39 Å². The Bertz CT molecular complexity index is 638. The molecule has 0 aliphatic heterocycles. The molecule has 3 nitrogen and oxygen atoms in total. The van der Waals surface area contributed by atoms with E-state index in [-0.39, 0.29) is 10.8 Å². The van der Waals surface area contributed by atoms with Gasteiger partial charge in [0.2, 0.25) is 0 Å². The van der Waals surface area contributed by atoms with Crippen LogP contribution in [0.25, 0.3) is 0 Å². The maximum absolute atomic E-state index is 13.6. The van der Waals surface area contributed by atoms with Gasteiger partial charge in [0, 0.05) is 18.2 Å². The van der Waals surface area contributed by atoms with Gasteiger partial charge in [0.05, 0.1) is 12.8 Å². The normalized spacial score (nSPS) is 14.6. The molecule has 110 valence electrons. The van der Waals surface area contributed by atoms with E-state index in [9.17, 15) is 4.39 Å². The summed E-state index contributed by atoms with van der Waals surface area (Å²) in [5, 5.41) is 0. The number of nitrogens with two attached hydrogens (primary N) is 1. The molecule has 0 radical (unpaired) electrons. The minimum absolute atomic E-state index is 0.0957. The van der Waals surface area contributed by atoms with Gasteiger partial charge in [-0.15, -0.1) is 0 Å². The van der Waals surface area contributed by atoms with Gasteiger partial charge in [-0.3, -0.25) is 4.90 Å². The van der Waals surface area contributed by atoms with Crippen LogP contribution in [-0.2, 0) is 13.1 Å². The number of nitrogens with zero attached hydrogens (tertiary/aromatic N) is 1. The van der Waals surface area contributed by atoms with Crippen molar-refractivity contribution in [2.75, 3.05) is 0 Å². The Labute approximate surface area is 128 Å². The van der Waals surface area contributed by atoms with Gasteiger partial charge in [-0.1, -0.05) is 18.3 Å². The van der Waals surface area contributed by atoms with Crippen molar-refractivity contribution in [1.82, 2.24) is 4.90 Å².